The number of hydrogen-bond donors (Lipinski definition) is 1. The predicted octanol–water partition coefficient (Wildman–Crippen LogP) is 2.50. The van der Waals surface area contributed by atoms with E-state index in [-0.39, 0.29) is 18.3 Å². The van der Waals surface area contributed by atoms with Gasteiger partial charge in [0.15, 0.2) is 0 Å². The standard InChI is InChI=1S/C10H11ClO3/c1-2-10(13)14-6-7-5-8(11)3-4-9(7)12/h3-5,12H,2,6H2,1H3. The van der Waals surface area contributed by atoms with Gasteiger partial charge in [0.1, 0.15) is 12.4 Å². The second kappa shape index (κ2) is 4.86. The normalized spacial score (nSPS) is 9.86. The van der Waals surface area contributed by atoms with Gasteiger partial charge in [0.25, 0.3) is 0 Å². The van der Waals surface area contributed by atoms with E-state index in [0.29, 0.717) is 17.0 Å². The first-order valence-electron chi connectivity index (χ1n) is 4.26. The first-order chi connectivity index (χ1) is 6.63. The predicted molar refractivity (Wildman–Crippen MR) is 53.2 cm³/mol. The Balaban J connectivity index is 2.66. The van der Waals surface area contributed by atoms with Crippen LogP contribution < -0.4 is 0 Å². The lowest BCUT2D eigenvalue weighted by Gasteiger charge is -2.05. The number of esters is 1. The number of ether oxygens (including phenoxy) is 1. The molecular weight excluding hydrogens is 204 g/mol. The Morgan fingerprint density at radius 1 is 1.57 bits per heavy atom. The summed E-state index contributed by atoms with van der Waals surface area (Å²) in [4.78, 5) is 10.8. The summed E-state index contributed by atoms with van der Waals surface area (Å²) in [7, 11) is 0. The van der Waals surface area contributed by atoms with Crippen molar-refractivity contribution in [2.45, 2.75) is 20.0 Å². The number of rotatable bonds is 3. The number of phenolic OH excluding ortho intramolecular Hbond substituents is 1. The van der Waals surface area contributed by atoms with Crippen LogP contribution in [0.25, 0.3) is 0 Å². The minimum absolute atomic E-state index is 0.0546. The van der Waals surface area contributed by atoms with E-state index in [0.717, 1.165) is 0 Å². The van der Waals surface area contributed by atoms with Gasteiger partial charge in [0.05, 0.1) is 0 Å². The quantitative estimate of drug-likeness (QED) is 0.787. The second-order valence-electron chi connectivity index (χ2n) is 2.79. The van der Waals surface area contributed by atoms with Crippen molar-refractivity contribution in [2.24, 2.45) is 0 Å². The molecule has 76 valence electrons. The number of hydrogen-bond acceptors (Lipinski definition) is 3. The molecule has 0 atom stereocenters. The number of carbonyl (C=O) groups is 1. The van der Waals surface area contributed by atoms with Gasteiger partial charge < -0.3 is 9.84 Å². The highest BCUT2D eigenvalue weighted by Crippen LogP contribution is 2.22. The topological polar surface area (TPSA) is 46.5 Å². The van der Waals surface area contributed by atoms with Gasteiger partial charge in [-0.25, -0.2) is 0 Å². The number of aromatic hydroxyl groups is 1. The molecule has 0 fully saturated rings. The van der Waals surface area contributed by atoms with E-state index in [1.54, 1.807) is 19.1 Å². The average Bonchev–Trinajstić information content (AvgIpc) is 2.19. The van der Waals surface area contributed by atoms with Gasteiger partial charge in [-0.2, -0.15) is 0 Å². The van der Waals surface area contributed by atoms with Crippen molar-refractivity contribution in [3.63, 3.8) is 0 Å². The summed E-state index contributed by atoms with van der Waals surface area (Å²) < 4.78 is 4.86. The van der Waals surface area contributed by atoms with Crippen molar-refractivity contribution in [2.75, 3.05) is 0 Å². The van der Waals surface area contributed by atoms with Crippen LogP contribution in [-0.4, -0.2) is 11.1 Å². The van der Waals surface area contributed by atoms with Crippen LogP contribution in [0.1, 0.15) is 18.9 Å². The van der Waals surface area contributed by atoms with E-state index in [4.69, 9.17) is 16.3 Å². The maximum Gasteiger partial charge on any atom is 0.305 e. The van der Waals surface area contributed by atoms with Crippen molar-refractivity contribution < 1.29 is 14.6 Å². The van der Waals surface area contributed by atoms with Gasteiger partial charge in [-0.15, -0.1) is 0 Å². The molecule has 0 saturated carbocycles. The summed E-state index contributed by atoms with van der Waals surface area (Å²) in [5.74, 6) is -0.220. The third-order valence-electron chi connectivity index (χ3n) is 1.72. The number of carbonyl (C=O) groups excluding carboxylic acids is 1. The smallest absolute Gasteiger partial charge is 0.305 e. The Kier molecular flexibility index (Phi) is 3.77. The molecular formula is C10H11ClO3. The number of halogens is 1. The molecule has 0 aromatic heterocycles. The Labute approximate surface area is 87.3 Å². The Bertz CT molecular complexity index is 336. The van der Waals surface area contributed by atoms with Crippen LogP contribution in [0.2, 0.25) is 5.02 Å². The zero-order valence-corrected chi connectivity index (χ0v) is 8.54. The van der Waals surface area contributed by atoms with Gasteiger partial charge in [-0.1, -0.05) is 18.5 Å². The minimum Gasteiger partial charge on any atom is -0.508 e. The molecule has 0 spiro atoms. The molecule has 14 heavy (non-hydrogen) atoms. The maximum atomic E-state index is 10.8. The van der Waals surface area contributed by atoms with Gasteiger partial charge in [0.2, 0.25) is 0 Å². The van der Waals surface area contributed by atoms with Crippen molar-refractivity contribution in [3.8, 4) is 5.75 Å². The summed E-state index contributed by atoms with van der Waals surface area (Å²) in [6.07, 6.45) is 0.321. The van der Waals surface area contributed by atoms with E-state index >= 15 is 0 Å². The zero-order valence-electron chi connectivity index (χ0n) is 7.79. The van der Waals surface area contributed by atoms with E-state index in [2.05, 4.69) is 0 Å². The summed E-state index contributed by atoms with van der Waals surface area (Å²) >= 11 is 5.71. The number of phenols is 1. The van der Waals surface area contributed by atoms with Crippen molar-refractivity contribution >= 4 is 17.6 Å². The molecule has 0 aliphatic heterocycles. The molecule has 4 heteroatoms. The molecule has 0 heterocycles. The highest BCUT2D eigenvalue weighted by Gasteiger charge is 2.04. The zero-order chi connectivity index (χ0) is 10.6. The third kappa shape index (κ3) is 2.92. The van der Waals surface area contributed by atoms with Gasteiger partial charge >= 0.3 is 5.97 Å². The van der Waals surface area contributed by atoms with Crippen LogP contribution in [-0.2, 0) is 16.1 Å². The Morgan fingerprint density at radius 2 is 2.29 bits per heavy atom. The Morgan fingerprint density at radius 3 is 2.93 bits per heavy atom. The molecule has 1 rings (SSSR count). The minimum atomic E-state index is -0.302. The molecule has 0 unspecified atom stereocenters. The lowest BCUT2D eigenvalue weighted by molar-refractivity contribution is -0.144. The molecule has 0 amide bonds. The third-order valence-corrected chi connectivity index (χ3v) is 1.95. The maximum absolute atomic E-state index is 10.8. The molecule has 1 N–H and O–H groups in total. The summed E-state index contributed by atoms with van der Waals surface area (Å²) in [5, 5.41) is 9.88. The van der Waals surface area contributed by atoms with E-state index in [1.165, 1.54) is 6.07 Å². The first kappa shape index (κ1) is 10.9. The summed E-state index contributed by atoms with van der Waals surface area (Å²) in [6, 6.07) is 4.61. The fourth-order valence-electron chi connectivity index (χ4n) is 0.930. The molecule has 1 aromatic carbocycles. The molecule has 1 aromatic rings. The number of benzene rings is 1. The highest BCUT2D eigenvalue weighted by molar-refractivity contribution is 6.30. The van der Waals surface area contributed by atoms with Crippen molar-refractivity contribution in [1.29, 1.82) is 0 Å². The summed E-state index contributed by atoms with van der Waals surface area (Å²) in [5.41, 5.74) is 0.513. The van der Waals surface area contributed by atoms with Crippen LogP contribution in [0.3, 0.4) is 0 Å². The van der Waals surface area contributed by atoms with Gasteiger partial charge in [-0.05, 0) is 18.2 Å². The first-order valence-corrected chi connectivity index (χ1v) is 4.64. The van der Waals surface area contributed by atoms with Gasteiger partial charge in [0, 0.05) is 17.0 Å². The van der Waals surface area contributed by atoms with Crippen LogP contribution in [0.4, 0.5) is 0 Å². The molecule has 0 aliphatic carbocycles. The van der Waals surface area contributed by atoms with E-state index < -0.39 is 0 Å². The molecule has 0 saturated heterocycles. The SMILES string of the molecule is CCC(=O)OCc1cc(Cl)ccc1O. The molecule has 0 bridgehead atoms. The fraction of sp³-hybridized carbons (Fsp3) is 0.300. The van der Waals surface area contributed by atoms with Crippen LogP contribution in [0.5, 0.6) is 5.75 Å². The fourth-order valence-corrected chi connectivity index (χ4v) is 1.12. The second-order valence-corrected chi connectivity index (χ2v) is 3.22. The van der Waals surface area contributed by atoms with E-state index in [9.17, 15) is 9.90 Å². The lowest BCUT2D eigenvalue weighted by atomic mass is 10.2. The average molecular weight is 215 g/mol. The van der Waals surface area contributed by atoms with Crippen molar-refractivity contribution in [1.82, 2.24) is 0 Å². The van der Waals surface area contributed by atoms with Gasteiger partial charge in [-0.3, -0.25) is 4.79 Å². The van der Waals surface area contributed by atoms with E-state index in [1.807, 2.05) is 0 Å². The van der Waals surface area contributed by atoms with Crippen LogP contribution in [0.15, 0.2) is 18.2 Å². The Hall–Kier alpha value is -1.22. The molecule has 0 radical (unpaired) electrons. The summed E-state index contributed by atoms with van der Waals surface area (Å²) in [6.45, 7) is 1.76. The largest absolute Gasteiger partial charge is 0.508 e. The van der Waals surface area contributed by atoms with Crippen LogP contribution in [0, 0.1) is 0 Å². The highest BCUT2D eigenvalue weighted by atomic mass is 35.5. The lowest BCUT2D eigenvalue weighted by Crippen LogP contribution is -2.02. The molecule has 3 nitrogen and oxygen atoms in total. The monoisotopic (exact) mass is 214 g/mol. The van der Waals surface area contributed by atoms with Crippen molar-refractivity contribution in [3.05, 3.63) is 28.8 Å². The molecule has 0 aliphatic rings. The van der Waals surface area contributed by atoms with Crippen LogP contribution >= 0.6 is 11.6 Å².